The van der Waals surface area contributed by atoms with E-state index in [0.29, 0.717) is 18.0 Å². The van der Waals surface area contributed by atoms with Gasteiger partial charge in [-0.15, -0.1) is 0 Å². The van der Waals surface area contributed by atoms with Crippen molar-refractivity contribution in [3.8, 4) is 5.75 Å². The average Bonchev–Trinajstić information content (AvgIpc) is 2.79. The van der Waals surface area contributed by atoms with E-state index in [1.807, 2.05) is 31.2 Å². The summed E-state index contributed by atoms with van der Waals surface area (Å²) in [6.45, 7) is 3.14. The molecule has 0 saturated carbocycles. The van der Waals surface area contributed by atoms with Gasteiger partial charge < -0.3 is 9.64 Å². The monoisotopic (exact) mass is 430 g/mol. The molecule has 1 amide bonds. The molecule has 0 bridgehead atoms. The minimum absolute atomic E-state index is 0.0232. The van der Waals surface area contributed by atoms with Gasteiger partial charge in [0.05, 0.1) is 24.5 Å². The van der Waals surface area contributed by atoms with Crippen LogP contribution in [0.15, 0.2) is 53.4 Å². The highest BCUT2D eigenvalue weighted by Gasteiger charge is 2.26. The van der Waals surface area contributed by atoms with Gasteiger partial charge in [0.2, 0.25) is 15.9 Å². The lowest BCUT2D eigenvalue weighted by atomic mass is 10.1. The van der Waals surface area contributed by atoms with Crippen molar-refractivity contribution in [2.45, 2.75) is 43.5 Å². The summed E-state index contributed by atoms with van der Waals surface area (Å²) in [5.41, 5.74) is 1.82. The Balaban J connectivity index is 1.64. The number of piperidine rings is 1. The topological polar surface area (TPSA) is 66.9 Å². The van der Waals surface area contributed by atoms with Crippen molar-refractivity contribution in [3.05, 3.63) is 59.7 Å². The molecule has 6 nitrogen and oxygen atoms in total. The van der Waals surface area contributed by atoms with Crippen molar-refractivity contribution in [2.75, 3.05) is 27.2 Å². The van der Waals surface area contributed by atoms with Crippen LogP contribution in [0.1, 0.15) is 43.4 Å². The number of benzene rings is 2. The zero-order chi connectivity index (χ0) is 21.7. The van der Waals surface area contributed by atoms with Gasteiger partial charge in [0.15, 0.2) is 0 Å². The van der Waals surface area contributed by atoms with Crippen molar-refractivity contribution >= 4 is 15.9 Å². The minimum Gasteiger partial charge on any atom is -0.497 e. The minimum atomic E-state index is -3.45. The third-order valence-corrected chi connectivity index (χ3v) is 7.72. The van der Waals surface area contributed by atoms with Crippen molar-refractivity contribution in [1.29, 1.82) is 0 Å². The average molecular weight is 431 g/mol. The molecule has 1 saturated heterocycles. The van der Waals surface area contributed by atoms with Gasteiger partial charge in [-0.1, -0.05) is 30.7 Å². The molecule has 0 radical (unpaired) electrons. The largest absolute Gasteiger partial charge is 0.497 e. The Hall–Kier alpha value is -2.38. The molecule has 0 spiro atoms. The fourth-order valence-corrected chi connectivity index (χ4v) is 5.17. The summed E-state index contributed by atoms with van der Waals surface area (Å²) in [5, 5.41) is 0. The smallest absolute Gasteiger partial charge is 0.243 e. The molecule has 0 aliphatic carbocycles. The number of likely N-dealkylation sites (N-methyl/N-ethyl adjacent to an activating group) is 1. The van der Waals surface area contributed by atoms with E-state index in [-0.39, 0.29) is 18.4 Å². The van der Waals surface area contributed by atoms with E-state index in [4.69, 9.17) is 4.74 Å². The van der Waals surface area contributed by atoms with Gasteiger partial charge in [-0.05, 0) is 55.2 Å². The molecule has 7 heteroatoms. The van der Waals surface area contributed by atoms with Crippen LogP contribution in [0.5, 0.6) is 5.75 Å². The van der Waals surface area contributed by atoms with E-state index < -0.39 is 10.0 Å². The molecule has 1 atom stereocenters. The lowest BCUT2D eigenvalue weighted by molar-refractivity contribution is -0.131. The molecular formula is C23H30N2O4S. The number of sulfonamides is 1. The molecule has 1 heterocycles. The van der Waals surface area contributed by atoms with Crippen molar-refractivity contribution in [3.63, 3.8) is 0 Å². The fraction of sp³-hybridized carbons (Fsp3) is 0.435. The van der Waals surface area contributed by atoms with Crippen LogP contribution in [0.25, 0.3) is 0 Å². The van der Waals surface area contributed by atoms with Gasteiger partial charge in [-0.2, -0.15) is 4.31 Å². The second-order valence-electron chi connectivity index (χ2n) is 7.74. The Kier molecular flexibility index (Phi) is 7.15. The van der Waals surface area contributed by atoms with Gasteiger partial charge in [0.1, 0.15) is 5.75 Å². The molecule has 30 heavy (non-hydrogen) atoms. The summed E-state index contributed by atoms with van der Waals surface area (Å²) in [4.78, 5) is 14.8. The highest BCUT2D eigenvalue weighted by molar-refractivity contribution is 7.89. The Morgan fingerprint density at radius 2 is 1.63 bits per heavy atom. The number of hydrogen-bond acceptors (Lipinski definition) is 4. The van der Waals surface area contributed by atoms with Gasteiger partial charge >= 0.3 is 0 Å². The number of carbonyl (C=O) groups is 1. The van der Waals surface area contributed by atoms with Crippen LogP contribution in [0.2, 0.25) is 0 Å². The molecule has 3 rings (SSSR count). The molecule has 1 fully saturated rings. The summed E-state index contributed by atoms with van der Waals surface area (Å²) < 4.78 is 32.3. The van der Waals surface area contributed by atoms with Crippen molar-refractivity contribution < 1.29 is 17.9 Å². The number of methoxy groups -OCH3 is 1. The first-order valence-electron chi connectivity index (χ1n) is 10.3. The molecular weight excluding hydrogens is 400 g/mol. The summed E-state index contributed by atoms with van der Waals surface area (Å²) in [6.07, 6.45) is 3.12. The quantitative estimate of drug-likeness (QED) is 0.673. The summed E-state index contributed by atoms with van der Waals surface area (Å²) in [7, 11) is -0.0448. The van der Waals surface area contributed by atoms with Gasteiger partial charge in [-0.3, -0.25) is 4.79 Å². The molecule has 2 aromatic carbocycles. The maximum Gasteiger partial charge on any atom is 0.243 e. The zero-order valence-electron chi connectivity index (χ0n) is 17.9. The molecule has 162 valence electrons. The summed E-state index contributed by atoms with van der Waals surface area (Å²) in [6, 6.07) is 14.3. The molecule has 1 unspecified atom stereocenters. The number of nitrogens with zero attached hydrogens (tertiary/aromatic N) is 2. The zero-order valence-corrected chi connectivity index (χ0v) is 18.7. The van der Waals surface area contributed by atoms with Gasteiger partial charge in [-0.25, -0.2) is 8.42 Å². The number of carbonyl (C=O) groups excluding carboxylic acids is 1. The first-order chi connectivity index (χ1) is 14.3. The first-order valence-corrected chi connectivity index (χ1v) is 11.8. The van der Waals surface area contributed by atoms with Crippen LogP contribution in [-0.4, -0.2) is 50.8 Å². The maximum absolute atomic E-state index is 12.8. The standard InChI is InChI=1S/C23H30N2O4S/c1-18(20-9-11-21(29-3)12-10-20)24(2)23(26)17-19-7-13-22(14-8-19)30(27,28)25-15-5-4-6-16-25/h7-14,18H,4-6,15-17H2,1-3H3. The van der Waals surface area contributed by atoms with Crippen LogP contribution in [0.3, 0.4) is 0 Å². The lowest BCUT2D eigenvalue weighted by Gasteiger charge is -2.26. The lowest BCUT2D eigenvalue weighted by Crippen LogP contribution is -2.35. The number of amides is 1. The van der Waals surface area contributed by atoms with E-state index in [1.165, 1.54) is 0 Å². The summed E-state index contributed by atoms with van der Waals surface area (Å²) in [5.74, 6) is 0.754. The van der Waals surface area contributed by atoms with Gasteiger partial charge in [0, 0.05) is 20.1 Å². The normalized spacial score (nSPS) is 16.1. The fourth-order valence-electron chi connectivity index (χ4n) is 3.65. The van der Waals surface area contributed by atoms with E-state index in [0.717, 1.165) is 36.1 Å². The number of hydrogen-bond donors (Lipinski definition) is 0. The summed E-state index contributed by atoms with van der Waals surface area (Å²) >= 11 is 0. The Morgan fingerprint density at radius 3 is 2.20 bits per heavy atom. The van der Waals surface area contributed by atoms with Crippen LogP contribution in [-0.2, 0) is 21.2 Å². The second kappa shape index (κ2) is 9.62. The van der Waals surface area contributed by atoms with Crippen molar-refractivity contribution in [1.82, 2.24) is 9.21 Å². The van der Waals surface area contributed by atoms with E-state index >= 15 is 0 Å². The first kappa shape index (κ1) is 22.3. The van der Waals surface area contributed by atoms with Crippen LogP contribution in [0, 0.1) is 0 Å². The van der Waals surface area contributed by atoms with Crippen LogP contribution >= 0.6 is 0 Å². The third-order valence-electron chi connectivity index (χ3n) is 5.80. The molecule has 1 aliphatic heterocycles. The van der Waals surface area contributed by atoms with Crippen LogP contribution in [0.4, 0.5) is 0 Å². The molecule has 0 N–H and O–H groups in total. The Bertz CT molecular complexity index is 950. The highest BCUT2D eigenvalue weighted by atomic mass is 32.2. The number of rotatable bonds is 7. The van der Waals surface area contributed by atoms with E-state index in [2.05, 4.69) is 0 Å². The molecule has 1 aliphatic rings. The Morgan fingerprint density at radius 1 is 1.03 bits per heavy atom. The number of ether oxygens (including phenoxy) is 1. The van der Waals surface area contributed by atoms with E-state index in [1.54, 1.807) is 47.6 Å². The van der Waals surface area contributed by atoms with E-state index in [9.17, 15) is 13.2 Å². The SMILES string of the molecule is COc1ccc(C(C)N(C)C(=O)Cc2ccc(S(=O)(=O)N3CCCCC3)cc2)cc1. The van der Waals surface area contributed by atoms with Gasteiger partial charge in [0.25, 0.3) is 0 Å². The third kappa shape index (κ3) is 5.02. The van der Waals surface area contributed by atoms with Crippen molar-refractivity contribution in [2.24, 2.45) is 0 Å². The Labute approximate surface area is 179 Å². The molecule has 0 aromatic heterocycles. The van der Waals surface area contributed by atoms with Crippen LogP contribution < -0.4 is 4.74 Å². The molecule has 2 aromatic rings. The second-order valence-corrected chi connectivity index (χ2v) is 9.68. The maximum atomic E-state index is 12.8. The highest BCUT2D eigenvalue weighted by Crippen LogP contribution is 2.24. The predicted molar refractivity (Wildman–Crippen MR) is 117 cm³/mol. The predicted octanol–water partition coefficient (Wildman–Crippen LogP) is 3.63.